The summed E-state index contributed by atoms with van der Waals surface area (Å²) in [7, 11) is 0. The van der Waals surface area contributed by atoms with Crippen LogP contribution >= 0.6 is 0 Å². The lowest BCUT2D eigenvalue weighted by atomic mass is 9.87. The molecule has 1 aromatic rings. The fourth-order valence-electron chi connectivity index (χ4n) is 3.88. The zero-order valence-corrected chi connectivity index (χ0v) is 16.9. The van der Waals surface area contributed by atoms with Gasteiger partial charge in [0.1, 0.15) is 23.5 Å². The second-order valence-corrected chi connectivity index (χ2v) is 7.80. The van der Waals surface area contributed by atoms with E-state index < -0.39 is 36.3 Å². The van der Waals surface area contributed by atoms with Crippen LogP contribution in [0.2, 0.25) is 0 Å². The third-order valence-corrected chi connectivity index (χ3v) is 5.63. The van der Waals surface area contributed by atoms with Crippen LogP contribution in [0.5, 0.6) is 5.75 Å². The largest absolute Gasteiger partial charge is 0.488 e. The minimum atomic E-state index is -1.35. The maximum atomic E-state index is 13.4. The van der Waals surface area contributed by atoms with Crippen LogP contribution in [0.3, 0.4) is 0 Å². The Balaban J connectivity index is 1.67. The second kappa shape index (κ2) is 10.6. The molecule has 3 rings (SSSR count). The average Bonchev–Trinajstić information content (AvgIpc) is 2.77. The molecule has 1 saturated heterocycles. The van der Waals surface area contributed by atoms with Crippen molar-refractivity contribution in [2.45, 2.75) is 50.3 Å². The number of carboxylic acids is 1. The number of nitrogens with two attached hydrogens (primary N) is 1. The number of hydrogen-bond acceptors (Lipinski definition) is 9. The standard InChI is InChI=1S/C19H27FN6O5/c20-11-7-23-17(24-8-11)15(16(21)26-30)18(27)25-13-9-22-6-5-14(13)31-12-3-1-10(2-4-12)19(28)29/h5-6,9-12,15-17,23-24H,1-4,7-8,21H2,(H,25,27)(H,28,29). The molecule has 11 nitrogen and oxygen atoms in total. The summed E-state index contributed by atoms with van der Waals surface area (Å²) in [5.41, 5.74) is 6.04. The van der Waals surface area contributed by atoms with Crippen LogP contribution < -0.4 is 26.4 Å². The summed E-state index contributed by atoms with van der Waals surface area (Å²) in [5.74, 6) is -2.48. The van der Waals surface area contributed by atoms with Gasteiger partial charge in [0.25, 0.3) is 0 Å². The zero-order valence-electron chi connectivity index (χ0n) is 16.9. The van der Waals surface area contributed by atoms with Crippen molar-refractivity contribution in [3.63, 3.8) is 0 Å². The van der Waals surface area contributed by atoms with Crippen LogP contribution in [0.1, 0.15) is 25.7 Å². The molecule has 31 heavy (non-hydrogen) atoms. The van der Waals surface area contributed by atoms with E-state index in [0.717, 1.165) is 0 Å². The van der Waals surface area contributed by atoms with Crippen molar-refractivity contribution in [2.24, 2.45) is 22.7 Å². The van der Waals surface area contributed by atoms with Gasteiger partial charge in [-0.15, -0.1) is 4.91 Å². The number of rotatable bonds is 8. The number of amides is 1. The lowest BCUT2D eigenvalue weighted by Crippen LogP contribution is -2.62. The molecule has 1 amide bonds. The number of carbonyl (C=O) groups excluding carboxylic acids is 1. The third-order valence-electron chi connectivity index (χ3n) is 5.63. The van der Waals surface area contributed by atoms with Crippen LogP contribution in [0.25, 0.3) is 0 Å². The van der Waals surface area contributed by atoms with E-state index in [4.69, 9.17) is 15.6 Å². The number of aliphatic carboxylic acids is 1. The van der Waals surface area contributed by atoms with E-state index in [2.05, 4.69) is 26.1 Å². The summed E-state index contributed by atoms with van der Waals surface area (Å²) >= 11 is 0. The van der Waals surface area contributed by atoms with Gasteiger partial charge in [0.15, 0.2) is 6.17 Å². The summed E-state index contributed by atoms with van der Waals surface area (Å²) in [6, 6.07) is 1.59. The van der Waals surface area contributed by atoms with E-state index in [1.54, 1.807) is 6.07 Å². The van der Waals surface area contributed by atoms with Gasteiger partial charge in [0.05, 0.1) is 24.4 Å². The molecule has 1 aliphatic heterocycles. The van der Waals surface area contributed by atoms with Gasteiger partial charge >= 0.3 is 5.97 Å². The first-order chi connectivity index (χ1) is 14.9. The molecule has 2 heterocycles. The maximum absolute atomic E-state index is 13.4. The summed E-state index contributed by atoms with van der Waals surface area (Å²) in [5, 5.41) is 20.2. The van der Waals surface area contributed by atoms with Crippen LogP contribution in [-0.4, -0.2) is 59.7 Å². The van der Waals surface area contributed by atoms with E-state index in [9.17, 15) is 18.9 Å². The molecule has 2 unspecified atom stereocenters. The molecular weight excluding hydrogens is 411 g/mol. The van der Waals surface area contributed by atoms with Crippen LogP contribution in [0.4, 0.5) is 10.1 Å². The zero-order chi connectivity index (χ0) is 22.4. The first-order valence-corrected chi connectivity index (χ1v) is 10.2. The number of nitrogens with one attached hydrogen (secondary N) is 3. The van der Waals surface area contributed by atoms with E-state index in [0.29, 0.717) is 31.4 Å². The second-order valence-electron chi connectivity index (χ2n) is 7.80. The molecule has 170 valence electrons. The van der Waals surface area contributed by atoms with E-state index in [1.165, 1.54) is 12.4 Å². The molecule has 1 aromatic heterocycles. The average molecular weight is 438 g/mol. The minimum absolute atomic E-state index is 0.0211. The van der Waals surface area contributed by atoms with Gasteiger partial charge in [0, 0.05) is 25.4 Å². The Kier molecular flexibility index (Phi) is 7.82. The molecule has 6 N–H and O–H groups in total. The van der Waals surface area contributed by atoms with E-state index in [1.807, 2.05) is 0 Å². The molecule has 2 aliphatic rings. The molecular formula is C19H27FN6O5. The van der Waals surface area contributed by atoms with Gasteiger partial charge in [-0.05, 0) is 25.7 Å². The highest BCUT2D eigenvalue weighted by molar-refractivity contribution is 5.94. The molecule has 2 fully saturated rings. The van der Waals surface area contributed by atoms with Gasteiger partial charge in [-0.25, -0.2) is 4.39 Å². The van der Waals surface area contributed by atoms with Crippen molar-refractivity contribution < 1.29 is 23.8 Å². The highest BCUT2D eigenvalue weighted by Gasteiger charge is 2.37. The summed E-state index contributed by atoms with van der Waals surface area (Å²) in [6.07, 6.45) is 1.72. The quantitative estimate of drug-likeness (QED) is 0.364. The maximum Gasteiger partial charge on any atom is 0.306 e. The molecule has 0 bridgehead atoms. The molecule has 0 spiro atoms. The van der Waals surface area contributed by atoms with Gasteiger partial charge < -0.3 is 20.9 Å². The number of carboxylic acid groups (broad SMARTS) is 1. The van der Waals surface area contributed by atoms with Crippen molar-refractivity contribution in [2.75, 3.05) is 18.4 Å². The molecule has 0 aromatic carbocycles. The first-order valence-electron chi connectivity index (χ1n) is 10.2. The van der Waals surface area contributed by atoms with Crippen LogP contribution in [0.15, 0.2) is 23.6 Å². The fourth-order valence-corrected chi connectivity index (χ4v) is 3.88. The Hall–Kier alpha value is -2.70. The molecule has 1 saturated carbocycles. The fraction of sp³-hybridized carbons (Fsp3) is 0.632. The van der Waals surface area contributed by atoms with Crippen molar-refractivity contribution in [3.8, 4) is 5.75 Å². The van der Waals surface area contributed by atoms with Gasteiger partial charge in [-0.1, -0.05) is 5.18 Å². The number of pyridine rings is 1. The monoisotopic (exact) mass is 438 g/mol. The number of aromatic nitrogens is 1. The van der Waals surface area contributed by atoms with Gasteiger partial charge in [-0.3, -0.25) is 25.2 Å². The first kappa shape index (κ1) is 23.0. The number of anilines is 1. The van der Waals surface area contributed by atoms with Crippen molar-refractivity contribution in [1.29, 1.82) is 0 Å². The number of halogens is 1. The number of carbonyl (C=O) groups is 2. The smallest absolute Gasteiger partial charge is 0.306 e. The Morgan fingerprint density at radius 2 is 1.97 bits per heavy atom. The Morgan fingerprint density at radius 1 is 1.29 bits per heavy atom. The number of nitrogens with zero attached hydrogens (tertiary/aromatic N) is 2. The van der Waals surface area contributed by atoms with Crippen molar-refractivity contribution in [3.05, 3.63) is 23.4 Å². The topological polar surface area (TPSA) is 168 Å². The predicted octanol–water partition coefficient (Wildman–Crippen LogP) is 0.567. The van der Waals surface area contributed by atoms with Gasteiger partial charge in [-0.2, -0.15) is 0 Å². The van der Waals surface area contributed by atoms with E-state index in [-0.39, 0.29) is 30.8 Å². The Morgan fingerprint density at radius 3 is 2.58 bits per heavy atom. The van der Waals surface area contributed by atoms with Crippen molar-refractivity contribution >= 4 is 17.6 Å². The molecule has 1 aliphatic carbocycles. The Bertz CT molecular complexity index is 783. The highest BCUT2D eigenvalue weighted by Crippen LogP contribution is 2.31. The molecule has 12 heteroatoms. The Labute approximate surface area is 178 Å². The number of hydrogen-bond donors (Lipinski definition) is 5. The van der Waals surface area contributed by atoms with E-state index >= 15 is 0 Å². The summed E-state index contributed by atoms with van der Waals surface area (Å²) in [6.45, 7) is 0.0423. The predicted molar refractivity (Wildman–Crippen MR) is 109 cm³/mol. The minimum Gasteiger partial charge on any atom is -0.488 e. The van der Waals surface area contributed by atoms with Crippen LogP contribution in [-0.2, 0) is 9.59 Å². The number of alkyl halides is 1. The summed E-state index contributed by atoms with van der Waals surface area (Å²) in [4.78, 5) is 39.1. The molecule has 0 radical (unpaired) electrons. The van der Waals surface area contributed by atoms with Crippen molar-refractivity contribution in [1.82, 2.24) is 15.6 Å². The summed E-state index contributed by atoms with van der Waals surface area (Å²) < 4.78 is 19.4. The lowest BCUT2D eigenvalue weighted by molar-refractivity contribution is -0.143. The number of ether oxygens (including phenoxy) is 1. The lowest BCUT2D eigenvalue weighted by Gasteiger charge is -2.34. The van der Waals surface area contributed by atoms with Gasteiger partial charge in [0.2, 0.25) is 5.91 Å². The normalized spacial score (nSPS) is 28.2. The van der Waals surface area contributed by atoms with Crippen LogP contribution in [0, 0.1) is 16.7 Å². The third kappa shape index (κ3) is 5.93. The number of nitroso groups, excluding NO2 is 1. The highest BCUT2D eigenvalue weighted by atomic mass is 19.1. The SMILES string of the molecule is NC(N=O)C(C(=O)Nc1cnccc1OC1CCC(C(=O)O)CC1)C1NCC(F)CN1. The molecule has 2 atom stereocenters.